The molecule has 4 heteroatoms. The molecule has 0 aliphatic heterocycles. The zero-order valence-corrected chi connectivity index (χ0v) is 8.33. The number of halogens is 1. The molecule has 0 radical (unpaired) electrons. The van der Waals surface area contributed by atoms with Crippen LogP contribution < -0.4 is 5.73 Å². The number of benzene rings is 1. The van der Waals surface area contributed by atoms with Crippen molar-refractivity contribution in [1.29, 1.82) is 0 Å². The molecule has 0 bridgehead atoms. The minimum atomic E-state index is -0.243. The van der Waals surface area contributed by atoms with E-state index >= 15 is 0 Å². The zero-order chi connectivity index (χ0) is 10.8. The first-order valence-electron chi connectivity index (χ1n) is 4.61. The number of hydrogen-bond donors (Lipinski definition) is 1. The summed E-state index contributed by atoms with van der Waals surface area (Å²) in [6.45, 7) is 1.83. The van der Waals surface area contributed by atoms with Crippen molar-refractivity contribution in [2.45, 2.75) is 13.3 Å². The minimum absolute atomic E-state index is 0.171. The van der Waals surface area contributed by atoms with Crippen LogP contribution in [0.15, 0.2) is 28.7 Å². The van der Waals surface area contributed by atoms with E-state index in [1.807, 2.05) is 6.92 Å². The third kappa shape index (κ3) is 2.15. The fraction of sp³-hybridized carbons (Fsp3) is 0.182. The monoisotopic (exact) mass is 206 g/mol. The Balaban J connectivity index is 2.21. The highest BCUT2D eigenvalue weighted by Gasteiger charge is 2.07. The van der Waals surface area contributed by atoms with Crippen LogP contribution in [-0.2, 0) is 6.42 Å². The summed E-state index contributed by atoms with van der Waals surface area (Å²) in [4.78, 5) is 3.96. The van der Waals surface area contributed by atoms with Gasteiger partial charge in [-0.3, -0.25) is 0 Å². The topological polar surface area (TPSA) is 52.0 Å². The molecule has 78 valence electrons. The predicted molar refractivity (Wildman–Crippen MR) is 54.9 cm³/mol. The van der Waals surface area contributed by atoms with Gasteiger partial charge < -0.3 is 10.2 Å². The third-order valence-corrected chi connectivity index (χ3v) is 2.19. The second-order valence-corrected chi connectivity index (χ2v) is 3.36. The number of aryl methyl sites for hydroxylation is 1. The normalized spacial score (nSPS) is 10.5. The Morgan fingerprint density at radius 3 is 2.53 bits per heavy atom. The molecule has 2 aromatic rings. The van der Waals surface area contributed by atoms with Crippen molar-refractivity contribution in [3.8, 4) is 0 Å². The fourth-order valence-corrected chi connectivity index (χ4v) is 1.40. The Morgan fingerprint density at radius 2 is 2.00 bits per heavy atom. The van der Waals surface area contributed by atoms with Crippen molar-refractivity contribution in [2.75, 3.05) is 5.73 Å². The van der Waals surface area contributed by atoms with Gasteiger partial charge in [-0.25, -0.2) is 4.39 Å². The molecule has 0 spiro atoms. The zero-order valence-electron chi connectivity index (χ0n) is 8.33. The van der Waals surface area contributed by atoms with Crippen molar-refractivity contribution < 1.29 is 8.81 Å². The average Bonchev–Trinajstić information content (AvgIpc) is 2.49. The van der Waals surface area contributed by atoms with Crippen LogP contribution in [0.1, 0.15) is 17.0 Å². The summed E-state index contributed by atoms with van der Waals surface area (Å²) in [6.07, 6.45) is 0.580. The lowest BCUT2D eigenvalue weighted by Gasteiger charge is -1.98. The van der Waals surface area contributed by atoms with Crippen LogP contribution in [0.5, 0.6) is 0 Å². The van der Waals surface area contributed by atoms with Gasteiger partial charge in [0, 0.05) is 6.42 Å². The Labute approximate surface area is 86.7 Å². The summed E-state index contributed by atoms with van der Waals surface area (Å²) < 4.78 is 17.9. The Hall–Kier alpha value is -1.84. The Kier molecular flexibility index (Phi) is 2.41. The maximum Gasteiger partial charge on any atom is 0.292 e. The second kappa shape index (κ2) is 3.73. The number of oxazole rings is 1. The first-order valence-corrected chi connectivity index (χ1v) is 4.61. The number of nitrogen functional groups attached to an aromatic ring is 1. The van der Waals surface area contributed by atoms with Gasteiger partial charge >= 0.3 is 0 Å². The molecule has 3 nitrogen and oxygen atoms in total. The highest BCUT2D eigenvalue weighted by molar-refractivity contribution is 5.26. The van der Waals surface area contributed by atoms with E-state index in [4.69, 9.17) is 10.2 Å². The van der Waals surface area contributed by atoms with E-state index in [9.17, 15) is 4.39 Å². The summed E-state index contributed by atoms with van der Waals surface area (Å²) in [5.41, 5.74) is 7.16. The van der Waals surface area contributed by atoms with E-state index in [2.05, 4.69) is 4.98 Å². The Bertz CT molecular complexity index is 462. The van der Waals surface area contributed by atoms with Gasteiger partial charge in [-0.2, -0.15) is 4.98 Å². The summed E-state index contributed by atoms with van der Waals surface area (Å²) in [7, 11) is 0. The molecular weight excluding hydrogens is 195 g/mol. The maximum absolute atomic E-state index is 12.7. The highest BCUT2D eigenvalue weighted by atomic mass is 19.1. The Morgan fingerprint density at radius 1 is 1.33 bits per heavy atom. The summed E-state index contributed by atoms with van der Waals surface area (Å²) in [6, 6.07) is 6.44. The van der Waals surface area contributed by atoms with E-state index in [1.165, 1.54) is 12.1 Å². The largest absolute Gasteiger partial charge is 0.428 e. The van der Waals surface area contributed by atoms with Crippen molar-refractivity contribution in [2.24, 2.45) is 0 Å². The number of nitrogens with two attached hydrogens (primary N) is 1. The van der Waals surface area contributed by atoms with Crippen LogP contribution in [0.25, 0.3) is 0 Å². The second-order valence-electron chi connectivity index (χ2n) is 3.36. The van der Waals surface area contributed by atoms with Crippen LogP contribution in [0, 0.1) is 12.7 Å². The molecule has 0 amide bonds. The standard InChI is InChI=1S/C11H11FN2O/c1-7-10(15-11(13)14-7)6-8-2-4-9(12)5-3-8/h2-5H,6H2,1H3,(H2,13,14). The molecule has 1 aromatic carbocycles. The lowest BCUT2D eigenvalue weighted by atomic mass is 10.1. The number of aromatic nitrogens is 1. The molecule has 0 aliphatic carbocycles. The smallest absolute Gasteiger partial charge is 0.292 e. The van der Waals surface area contributed by atoms with Crippen molar-refractivity contribution in [1.82, 2.24) is 4.98 Å². The molecular formula is C11H11FN2O. The number of rotatable bonds is 2. The molecule has 0 unspecified atom stereocenters. The van der Waals surface area contributed by atoms with Gasteiger partial charge in [-0.15, -0.1) is 0 Å². The van der Waals surface area contributed by atoms with Gasteiger partial charge in [-0.05, 0) is 24.6 Å². The first kappa shape index (κ1) is 9.71. The molecule has 1 aromatic heterocycles. The fourth-order valence-electron chi connectivity index (χ4n) is 1.40. The van der Waals surface area contributed by atoms with Crippen LogP contribution >= 0.6 is 0 Å². The van der Waals surface area contributed by atoms with E-state index in [-0.39, 0.29) is 11.8 Å². The first-order chi connectivity index (χ1) is 7.15. The summed E-state index contributed by atoms with van der Waals surface area (Å²) >= 11 is 0. The predicted octanol–water partition coefficient (Wildman–Crippen LogP) is 2.30. The molecule has 1 heterocycles. The molecule has 0 fully saturated rings. The van der Waals surface area contributed by atoms with Crippen molar-refractivity contribution in [3.05, 3.63) is 47.1 Å². The van der Waals surface area contributed by atoms with Gasteiger partial charge in [0.05, 0.1) is 5.69 Å². The quantitative estimate of drug-likeness (QED) is 0.820. The number of anilines is 1. The number of hydrogen-bond acceptors (Lipinski definition) is 3. The molecule has 15 heavy (non-hydrogen) atoms. The van der Waals surface area contributed by atoms with Crippen LogP contribution in [0.4, 0.5) is 10.4 Å². The minimum Gasteiger partial charge on any atom is -0.428 e. The number of nitrogens with zero attached hydrogens (tertiary/aromatic N) is 1. The third-order valence-electron chi connectivity index (χ3n) is 2.19. The SMILES string of the molecule is Cc1nc(N)oc1Cc1ccc(F)cc1. The van der Waals surface area contributed by atoms with Crippen LogP contribution in [0.3, 0.4) is 0 Å². The van der Waals surface area contributed by atoms with E-state index in [1.54, 1.807) is 12.1 Å². The van der Waals surface area contributed by atoms with Gasteiger partial charge in [0.1, 0.15) is 11.6 Å². The van der Waals surface area contributed by atoms with E-state index in [0.717, 1.165) is 17.0 Å². The van der Waals surface area contributed by atoms with Gasteiger partial charge in [0.15, 0.2) is 0 Å². The molecule has 2 rings (SSSR count). The molecule has 0 aliphatic rings. The molecule has 0 saturated carbocycles. The van der Waals surface area contributed by atoms with E-state index < -0.39 is 0 Å². The van der Waals surface area contributed by atoms with Gasteiger partial charge in [-0.1, -0.05) is 12.1 Å². The van der Waals surface area contributed by atoms with Crippen molar-refractivity contribution >= 4 is 6.01 Å². The summed E-state index contributed by atoms with van der Waals surface area (Å²) in [5.74, 6) is 0.478. The molecule has 0 atom stereocenters. The highest BCUT2D eigenvalue weighted by Crippen LogP contribution is 2.16. The molecule has 2 N–H and O–H groups in total. The maximum atomic E-state index is 12.7. The average molecular weight is 206 g/mol. The van der Waals surface area contributed by atoms with Crippen LogP contribution in [-0.4, -0.2) is 4.98 Å². The van der Waals surface area contributed by atoms with Crippen molar-refractivity contribution in [3.63, 3.8) is 0 Å². The van der Waals surface area contributed by atoms with Gasteiger partial charge in [0.2, 0.25) is 0 Å². The van der Waals surface area contributed by atoms with Gasteiger partial charge in [0.25, 0.3) is 6.01 Å². The lowest BCUT2D eigenvalue weighted by Crippen LogP contribution is -1.88. The van der Waals surface area contributed by atoms with Crippen LogP contribution in [0.2, 0.25) is 0 Å². The summed E-state index contributed by atoms with van der Waals surface area (Å²) in [5, 5.41) is 0. The lowest BCUT2D eigenvalue weighted by molar-refractivity contribution is 0.532. The molecule has 0 saturated heterocycles. The van der Waals surface area contributed by atoms with E-state index in [0.29, 0.717) is 6.42 Å².